The van der Waals surface area contributed by atoms with E-state index in [-0.39, 0.29) is 5.56 Å². The van der Waals surface area contributed by atoms with Crippen LogP contribution < -0.4 is 10.9 Å². The van der Waals surface area contributed by atoms with Gasteiger partial charge in [0.1, 0.15) is 5.58 Å². The zero-order valence-corrected chi connectivity index (χ0v) is 12.7. The molecule has 1 unspecified atom stereocenters. The van der Waals surface area contributed by atoms with Crippen molar-refractivity contribution in [3.05, 3.63) is 45.3 Å². The Morgan fingerprint density at radius 3 is 2.57 bits per heavy atom. The number of fused-ring (bicyclic) bond motifs is 1. The molecule has 21 heavy (non-hydrogen) atoms. The highest BCUT2D eigenvalue weighted by molar-refractivity contribution is 6.31. The fraction of sp³-hybridized carbons (Fsp3) is 0.333. The average Bonchev–Trinajstić information content (AvgIpc) is 2.34. The first kappa shape index (κ1) is 15.4. The van der Waals surface area contributed by atoms with Crippen molar-refractivity contribution in [3.8, 4) is 0 Å². The first-order valence-corrected chi connectivity index (χ1v) is 6.79. The molecule has 0 aliphatic rings. The Kier molecular flexibility index (Phi) is 3.96. The maximum absolute atomic E-state index is 12.2. The van der Waals surface area contributed by atoms with E-state index in [4.69, 9.17) is 21.1 Å². The summed E-state index contributed by atoms with van der Waals surface area (Å²) in [6.07, 6.45) is -1.19. The fourth-order valence-corrected chi connectivity index (χ4v) is 2.38. The van der Waals surface area contributed by atoms with Gasteiger partial charge in [-0.2, -0.15) is 0 Å². The van der Waals surface area contributed by atoms with Crippen LogP contribution in [0.4, 0.5) is 4.79 Å². The zero-order valence-electron chi connectivity index (χ0n) is 11.9. The highest BCUT2D eigenvalue weighted by atomic mass is 35.5. The van der Waals surface area contributed by atoms with E-state index in [1.807, 2.05) is 20.8 Å². The number of benzene rings is 1. The molecule has 112 valence electrons. The minimum Gasteiger partial charge on any atom is -0.465 e. The third kappa shape index (κ3) is 3.36. The molecule has 0 aliphatic heterocycles. The van der Waals surface area contributed by atoms with Crippen molar-refractivity contribution < 1.29 is 14.3 Å². The van der Waals surface area contributed by atoms with Gasteiger partial charge in [0.2, 0.25) is 0 Å². The van der Waals surface area contributed by atoms with Crippen LogP contribution in [-0.2, 0) is 0 Å². The van der Waals surface area contributed by atoms with Gasteiger partial charge in [-0.25, -0.2) is 9.59 Å². The predicted molar refractivity (Wildman–Crippen MR) is 80.9 cm³/mol. The van der Waals surface area contributed by atoms with Gasteiger partial charge in [0.05, 0.1) is 11.6 Å². The number of rotatable bonds is 2. The molecule has 0 radical (unpaired) electrons. The molecular weight excluding hydrogens is 294 g/mol. The normalized spacial score (nSPS) is 13.1. The van der Waals surface area contributed by atoms with Crippen molar-refractivity contribution in [2.75, 3.05) is 0 Å². The summed E-state index contributed by atoms with van der Waals surface area (Å²) in [5, 5.41) is 12.5. The van der Waals surface area contributed by atoms with Crippen molar-refractivity contribution in [1.82, 2.24) is 5.32 Å². The van der Waals surface area contributed by atoms with Gasteiger partial charge in [-0.05, 0) is 29.7 Å². The maximum Gasteiger partial charge on any atom is 0.405 e. The van der Waals surface area contributed by atoms with Gasteiger partial charge >= 0.3 is 11.7 Å². The Bertz CT molecular complexity index is 745. The minimum atomic E-state index is -1.19. The van der Waals surface area contributed by atoms with Crippen LogP contribution in [0.3, 0.4) is 0 Å². The summed E-state index contributed by atoms with van der Waals surface area (Å²) in [5.74, 6) is 0. The largest absolute Gasteiger partial charge is 0.465 e. The van der Waals surface area contributed by atoms with Crippen LogP contribution in [0.25, 0.3) is 11.0 Å². The number of hydrogen-bond acceptors (Lipinski definition) is 3. The molecular formula is C15H16ClNO4. The fourth-order valence-electron chi connectivity index (χ4n) is 2.20. The van der Waals surface area contributed by atoms with Gasteiger partial charge in [0.25, 0.3) is 0 Å². The molecule has 2 N–H and O–H groups in total. The van der Waals surface area contributed by atoms with Crippen LogP contribution >= 0.6 is 11.6 Å². The Labute approximate surface area is 126 Å². The minimum absolute atomic E-state index is 0.264. The molecule has 5 nitrogen and oxygen atoms in total. The second-order valence-corrected chi connectivity index (χ2v) is 6.36. The molecule has 1 atom stereocenters. The van der Waals surface area contributed by atoms with Crippen molar-refractivity contribution in [2.45, 2.75) is 26.8 Å². The third-order valence-electron chi connectivity index (χ3n) is 3.17. The van der Waals surface area contributed by atoms with Crippen LogP contribution in [0.15, 0.2) is 33.5 Å². The van der Waals surface area contributed by atoms with Crippen molar-refractivity contribution in [1.29, 1.82) is 0 Å². The van der Waals surface area contributed by atoms with Crippen molar-refractivity contribution in [3.63, 3.8) is 0 Å². The zero-order chi connectivity index (χ0) is 15.8. The molecule has 1 aromatic heterocycles. The van der Waals surface area contributed by atoms with Crippen LogP contribution in [0.2, 0.25) is 5.02 Å². The lowest BCUT2D eigenvalue weighted by Crippen LogP contribution is -2.38. The summed E-state index contributed by atoms with van der Waals surface area (Å²) in [4.78, 5) is 23.1. The van der Waals surface area contributed by atoms with E-state index < -0.39 is 23.2 Å². The standard InChI is InChI=1S/C15H16ClNO4/c1-15(2,3)12(17-14(19)20)10-7-8-6-9(16)4-5-11(8)21-13(10)18/h4-7,12,17H,1-3H3,(H,19,20). The predicted octanol–water partition coefficient (Wildman–Crippen LogP) is 3.80. The second kappa shape index (κ2) is 5.41. The van der Waals surface area contributed by atoms with E-state index in [0.29, 0.717) is 16.0 Å². The SMILES string of the molecule is CC(C)(C)C(NC(=O)O)c1cc2cc(Cl)ccc2oc1=O. The van der Waals surface area contributed by atoms with E-state index in [1.165, 1.54) is 0 Å². The highest BCUT2D eigenvalue weighted by Gasteiger charge is 2.30. The molecule has 6 heteroatoms. The number of halogens is 1. The molecule has 2 rings (SSSR count). The van der Waals surface area contributed by atoms with Gasteiger partial charge in [-0.15, -0.1) is 0 Å². The average molecular weight is 310 g/mol. The van der Waals surface area contributed by atoms with Crippen LogP contribution in [0, 0.1) is 5.41 Å². The lowest BCUT2D eigenvalue weighted by atomic mass is 9.83. The first-order valence-electron chi connectivity index (χ1n) is 6.41. The van der Waals surface area contributed by atoms with Crippen molar-refractivity contribution >= 4 is 28.7 Å². The monoisotopic (exact) mass is 309 g/mol. The molecule has 0 aliphatic carbocycles. The molecule has 0 bridgehead atoms. The molecule has 1 amide bonds. The number of hydrogen-bond donors (Lipinski definition) is 2. The van der Waals surface area contributed by atoms with Gasteiger partial charge in [0.15, 0.2) is 0 Å². The molecule has 0 spiro atoms. The Hall–Kier alpha value is -2.01. The Balaban J connectivity index is 2.64. The number of carboxylic acid groups (broad SMARTS) is 1. The molecule has 1 aromatic carbocycles. The summed E-state index contributed by atoms with van der Waals surface area (Å²) >= 11 is 5.94. The van der Waals surface area contributed by atoms with Crippen LogP contribution in [0.5, 0.6) is 0 Å². The van der Waals surface area contributed by atoms with Crippen molar-refractivity contribution in [2.24, 2.45) is 5.41 Å². The molecule has 0 saturated carbocycles. The Morgan fingerprint density at radius 2 is 2.00 bits per heavy atom. The van der Waals surface area contributed by atoms with Gasteiger partial charge < -0.3 is 14.8 Å². The van der Waals surface area contributed by atoms with Crippen LogP contribution in [0.1, 0.15) is 32.4 Å². The van der Waals surface area contributed by atoms with Gasteiger partial charge in [-0.3, -0.25) is 0 Å². The smallest absolute Gasteiger partial charge is 0.405 e. The van der Waals surface area contributed by atoms with Gasteiger partial charge in [-0.1, -0.05) is 32.4 Å². The molecule has 0 saturated heterocycles. The van der Waals surface area contributed by atoms with E-state index in [1.54, 1.807) is 24.3 Å². The lowest BCUT2D eigenvalue weighted by molar-refractivity contribution is 0.174. The Morgan fingerprint density at radius 1 is 1.33 bits per heavy atom. The number of nitrogens with one attached hydrogen (secondary N) is 1. The highest BCUT2D eigenvalue weighted by Crippen LogP contribution is 2.32. The van der Waals surface area contributed by atoms with E-state index in [0.717, 1.165) is 0 Å². The van der Waals surface area contributed by atoms with E-state index >= 15 is 0 Å². The number of carbonyl (C=O) groups is 1. The quantitative estimate of drug-likeness (QED) is 0.827. The lowest BCUT2D eigenvalue weighted by Gasteiger charge is -2.29. The summed E-state index contributed by atoms with van der Waals surface area (Å²) in [6.45, 7) is 5.53. The van der Waals surface area contributed by atoms with Gasteiger partial charge in [0, 0.05) is 10.4 Å². The third-order valence-corrected chi connectivity index (χ3v) is 3.40. The summed E-state index contributed by atoms with van der Waals surface area (Å²) in [7, 11) is 0. The number of amides is 1. The van der Waals surface area contributed by atoms with Crippen LogP contribution in [-0.4, -0.2) is 11.2 Å². The van der Waals surface area contributed by atoms with E-state index in [9.17, 15) is 9.59 Å². The maximum atomic E-state index is 12.2. The van der Waals surface area contributed by atoms with E-state index in [2.05, 4.69) is 5.32 Å². The summed E-state index contributed by atoms with van der Waals surface area (Å²) in [6, 6.07) is 5.85. The molecule has 1 heterocycles. The topological polar surface area (TPSA) is 79.5 Å². The summed E-state index contributed by atoms with van der Waals surface area (Å²) < 4.78 is 5.26. The summed E-state index contributed by atoms with van der Waals surface area (Å²) in [5.41, 5.74) is -0.367. The molecule has 0 fully saturated rings. The molecule has 2 aromatic rings. The first-order chi connectivity index (χ1) is 9.68. The second-order valence-electron chi connectivity index (χ2n) is 5.92.